The Labute approximate surface area is 157 Å². The van der Waals surface area contributed by atoms with Gasteiger partial charge in [-0.2, -0.15) is 5.26 Å². The highest BCUT2D eigenvalue weighted by Gasteiger charge is 2.13. The summed E-state index contributed by atoms with van der Waals surface area (Å²) in [6.45, 7) is 0.0871. The normalized spacial score (nSPS) is 10.9. The third-order valence-corrected chi connectivity index (χ3v) is 6.00. The van der Waals surface area contributed by atoms with Crippen LogP contribution in [-0.2, 0) is 16.1 Å². The number of carbonyl (C=O) groups is 1. The second kappa shape index (κ2) is 7.20. The van der Waals surface area contributed by atoms with E-state index in [1.54, 1.807) is 11.3 Å². The van der Waals surface area contributed by atoms with Gasteiger partial charge in [0.1, 0.15) is 12.7 Å². The van der Waals surface area contributed by atoms with E-state index in [2.05, 4.69) is 11.1 Å². The molecule has 0 unspecified atom stereocenters. The van der Waals surface area contributed by atoms with E-state index in [1.807, 2.05) is 59.3 Å². The zero-order valence-electron chi connectivity index (χ0n) is 13.6. The number of esters is 1. The number of para-hydroxylation sites is 1. The molecule has 4 aromatic rings. The molecular formula is C19H13N3O2S2. The predicted molar refractivity (Wildman–Crippen MR) is 102 cm³/mol. The molecule has 0 aliphatic carbocycles. The SMILES string of the molecule is N#Cc1c(COC(=O)CSc2nc3ccccc3s2)cn2ccccc12. The van der Waals surface area contributed by atoms with Crippen molar-refractivity contribution in [1.82, 2.24) is 9.38 Å². The summed E-state index contributed by atoms with van der Waals surface area (Å²) in [5.74, 6) is -0.136. The first-order valence-electron chi connectivity index (χ1n) is 7.87. The van der Waals surface area contributed by atoms with Crippen molar-refractivity contribution in [3.63, 3.8) is 0 Å². The van der Waals surface area contributed by atoms with E-state index in [-0.39, 0.29) is 18.3 Å². The van der Waals surface area contributed by atoms with Crippen LogP contribution in [0.3, 0.4) is 0 Å². The number of benzene rings is 1. The number of thiazole rings is 1. The summed E-state index contributed by atoms with van der Waals surface area (Å²) in [5.41, 5.74) is 2.99. The molecule has 0 saturated heterocycles. The number of hydrogen-bond acceptors (Lipinski definition) is 6. The minimum atomic E-state index is -0.326. The Hall–Kier alpha value is -2.82. The molecule has 3 aromatic heterocycles. The van der Waals surface area contributed by atoms with Crippen LogP contribution in [0.25, 0.3) is 15.7 Å². The standard InChI is InChI=1S/C19H13N3O2S2/c20-9-14-13(10-22-8-4-3-6-16(14)22)11-24-18(23)12-25-19-21-15-5-1-2-7-17(15)26-19/h1-8,10H,11-12H2. The van der Waals surface area contributed by atoms with Crippen LogP contribution in [0, 0.1) is 11.3 Å². The van der Waals surface area contributed by atoms with Gasteiger partial charge in [-0.15, -0.1) is 11.3 Å². The molecule has 1 aromatic carbocycles. The Bertz CT molecular complexity index is 1110. The highest BCUT2D eigenvalue weighted by atomic mass is 32.2. The monoisotopic (exact) mass is 379 g/mol. The Morgan fingerprint density at radius 1 is 1.27 bits per heavy atom. The molecule has 4 rings (SSSR count). The lowest BCUT2D eigenvalue weighted by atomic mass is 10.2. The minimum Gasteiger partial charge on any atom is -0.460 e. The lowest BCUT2D eigenvalue weighted by molar-refractivity contribution is -0.141. The topological polar surface area (TPSA) is 67.4 Å². The molecule has 0 saturated carbocycles. The number of rotatable bonds is 5. The zero-order valence-corrected chi connectivity index (χ0v) is 15.2. The van der Waals surface area contributed by atoms with Crippen molar-refractivity contribution in [2.24, 2.45) is 0 Å². The Morgan fingerprint density at radius 3 is 2.96 bits per heavy atom. The van der Waals surface area contributed by atoms with E-state index < -0.39 is 0 Å². The van der Waals surface area contributed by atoms with Gasteiger partial charge in [0.15, 0.2) is 4.34 Å². The van der Waals surface area contributed by atoms with E-state index in [9.17, 15) is 10.1 Å². The second-order valence-corrected chi connectivity index (χ2v) is 7.78. The summed E-state index contributed by atoms with van der Waals surface area (Å²) in [4.78, 5) is 16.6. The fraction of sp³-hybridized carbons (Fsp3) is 0.105. The van der Waals surface area contributed by atoms with E-state index in [1.165, 1.54) is 11.8 Å². The summed E-state index contributed by atoms with van der Waals surface area (Å²) in [6.07, 6.45) is 3.69. The summed E-state index contributed by atoms with van der Waals surface area (Å²) < 4.78 is 9.15. The molecule has 5 nitrogen and oxygen atoms in total. The molecule has 0 N–H and O–H groups in total. The molecule has 0 fully saturated rings. The number of carbonyl (C=O) groups excluding carboxylic acids is 1. The van der Waals surface area contributed by atoms with Gasteiger partial charge in [0.05, 0.1) is 27.0 Å². The Morgan fingerprint density at radius 2 is 2.12 bits per heavy atom. The quantitative estimate of drug-likeness (QED) is 0.383. The van der Waals surface area contributed by atoms with Crippen molar-refractivity contribution in [1.29, 1.82) is 5.26 Å². The van der Waals surface area contributed by atoms with E-state index in [4.69, 9.17) is 4.74 Å². The second-order valence-electron chi connectivity index (χ2n) is 5.53. The first-order chi connectivity index (χ1) is 12.7. The molecule has 0 aliphatic heterocycles. The van der Waals surface area contributed by atoms with Gasteiger partial charge in [-0.05, 0) is 24.3 Å². The number of ether oxygens (including phenoxy) is 1. The number of nitriles is 1. The molecule has 0 amide bonds. The predicted octanol–water partition coefficient (Wildman–Crippen LogP) is 4.26. The van der Waals surface area contributed by atoms with Gasteiger partial charge < -0.3 is 9.14 Å². The van der Waals surface area contributed by atoms with Gasteiger partial charge in [-0.3, -0.25) is 4.79 Å². The summed E-state index contributed by atoms with van der Waals surface area (Å²) in [6, 6.07) is 15.7. The van der Waals surface area contributed by atoms with Crippen molar-refractivity contribution in [3.8, 4) is 6.07 Å². The fourth-order valence-electron chi connectivity index (χ4n) is 2.65. The third kappa shape index (κ3) is 3.29. The maximum atomic E-state index is 12.1. The van der Waals surface area contributed by atoms with Crippen LogP contribution in [-0.4, -0.2) is 21.1 Å². The summed E-state index contributed by atoms with van der Waals surface area (Å²) in [7, 11) is 0. The van der Waals surface area contributed by atoms with E-state index >= 15 is 0 Å². The van der Waals surface area contributed by atoms with Crippen molar-refractivity contribution in [2.75, 3.05) is 5.75 Å². The van der Waals surface area contributed by atoms with Gasteiger partial charge in [-0.25, -0.2) is 4.98 Å². The average molecular weight is 379 g/mol. The van der Waals surface area contributed by atoms with Crippen LogP contribution >= 0.6 is 23.1 Å². The number of pyridine rings is 1. The van der Waals surface area contributed by atoms with E-state index in [0.29, 0.717) is 11.1 Å². The summed E-state index contributed by atoms with van der Waals surface area (Å²) >= 11 is 2.93. The molecular weight excluding hydrogens is 366 g/mol. The van der Waals surface area contributed by atoms with Crippen LogP contribution in [0.15, 0.2) is 59.2 Å². The highest BCUT2D eigenvalue weighted by molar-refractivity contribution is 8.01. The molecule has 7 heteroatoms. The number of thioether (sulfide) groups is 1. The summed E-state index contributed by atoms with van der Waals surface area (Å²) in [5, 5.41) is 9.38. The van der Waals surface area contributed by atoms with E-state index in [0.717, 1.165) is 20.1 Å². The first kappa shape index (κ1) is 16.6. The number of aromatic nitrogens is 2. The zero-order chi connectivity index (χ0) is 17.9. The van der Waals surface area contributed by atoms with Crippen LogP contribution in [0.5, 0.6) is 0 Å². The molecule has 0 radical (unpaired) electrons. The molecule has 128 valence electrons. The number of hydrogen-bond donors (Lipinski definition) is 0. The van der Waals surface area contributed by atoms with Gasteiger partial charge in [0.25, 0.3) is 0 Å². The molecule has 0 atom stereocenters. The molecule has 0 bridgehead atoms. The largest absolute Gasteiger partial charge is 0.460 e. The van der Waals surface area contributed by atoms with Gasteiger partial charge >= 0.3 is 5.97 Å². The fourth-order valence-corrected chi connectivity index (χ4v) is 4.52. The van der Waals surface area contributed by atoms with Crippen LogP contribution in [0.4, 0.5) is 0 Å². The van der Waals surface area contributed by atoms with Crippen molar-refractivity contribution >= 4 is 44.8 Å². The number of fused-ring (bicyclic) bond motifs is 2. The molecule has 3 heterocycles. The van der Waals surface area contributed by atoms with Crippen molar-refractivity contribution < 1.29 is 9.53 Å². The molecule has 26 heavy (non-hydrogen) atoms. The van der Waals surface area contributed by atoms with Gasteiger partial charge in [0.2, 0.25) is 0 Å². The van der Waals surface area contributed by atoms with Crippen molar-refractivity contribution in [3.05, 3.63) is 66.0 Å². The van der Waals surface area contributed by atoms with Crippen LogP contribution in [0.1, 0.15) is 11.1 Å². The minimum absolute atomic E-state index is 0.0871. The van der Waals surface area contributed by atoms with Crippen LogP contribution in [0.2, 0.25) is 0 Å². The van der Waals surface area contributed by atoms with Gasteiger partial charge in [0, 0.05) is 18.0 Å². The molecule has 0 spiro atoms. The maximum absolute atomic E-state index is 12.1. The van der Waals surface area contributed by atoms with Crippen LogP contribution < -0.4 is 0 Å². The third-order valence-electron chi connectivity index (χ3n) is 3.85. The maximum Gasteiger partial charge on any atom is 0.316 e. The number of nitrogens with zero attached hydrogens (tertiary/aromatic N) is 3. The Kier molecular flexibility index (Phi) is 4.61. The molecule has 0 aliphatic rings. The van der Waals surface area contributed by atoms with Gasteiger partial charge in [-0.1, -0.05) is 30.0 Å². The lowest BCUT2D eigenvalue weighted by Crippen LogP contribution is -2.07. The Balaban J connectivity index is 1.39. The van der Waals surface area contributed by atoms with Crippen molar-refractivity contribution in [2.45, 2.75) is 10.9 Å². The smallest absolute Gasteiger partial charge is 0.316 e. The average Bonchev–Trinajstić information content (AvgIpc) is 3.24. The lowest BCUT2D eigenvalue weighted by Gasteiger charge is -2.02. The highest BCUT2D eigenvalue weighted by Crippen LogP contribution is 2.29. The first-order valence-corrected chi connectivity index (χ1v) is 9.67.